The van der Waals surface area contributed by atoms with Crippen LogP contribution in [-0.2, 0) is 7.05 Å². The first-order valence-electron chi connectivity index (χ1n) is 8.66. The first-order valence-corrected chi connectivity index (χ1v) is 9.88. The lowest BCUT2D eigenvalue weighted by Crippen LogP contribution is -2.24. The number of hydrogen-bond acceptors (Lipinski definition) is 7. The number of hydrazone groups is 1. The van der Waals surface area contributed by atoms with E-state index in [9.17, 15) is 10.1 Å². The van der Waals surface area contributed by atoms with Crippen molar-refractivity contribution in [1.29, 1.82) is 5.26 Å². The largest absolute Gasteiger partial charge is 0.497 e. The highest BCUT2D eigenvalue weighted by molar-refractivity contribution is 7.98. The minimum absolute atomic E-state index is 0.0279. The summed E-state index contributed by atoms with van der Waals surface area (Å²) in [6.45, 7) is 0. The van der Waals surface area contributed by atoms with Crippen LogP contribution in [0.15, 0.2) is 63.3 Å². The number of benzene rings is 2. The summed E-state index contributed by atoms with van der Waals surface area (Å²) in [5.41, 5.74) is 4.16. The van der Waals surface area contributed by atoms with E-state index in [1.165, 1.54) is 4.57 Å². The predicted molar refractivity (Wildman–Crippen MR) is 116 cm³/mol. The maximum Gasteiger partial charge on any atom is 0.273 e. The van der Waals surface area contributed by atoms with Gasteiger partial charge in [0.15, 0.2) is 0 Å². The van der Waals surface area contributed by atoms with Gasteiger partial charge in [0.1, 0.15) is 17.4 Å². The molecule has 0 aliphatic rings. The molecule has 7 nitrogen and oxygen atoms in total. The van der Waals surface area contributed by atoms with E-state index in [1.807, 2.05) is 36.6 Å². The van der Waals surface area contributed by atoms with Crippen LogP contribution >= 0.6 is 11.8 Å². The molecule has 29 heavy (non-hydrogen) atoms. The number of nitriles is 1. The monoisotopic (exact) mass is 405 g/mol. The van der Waals surface area contributed by atoms with Gasteiger partial charge in [-0.15, -0.1) is 11.8 Å². The lowest BCUT2D eigenvalue weighted by atomic mass is 10.1. The molecule has 0 radical (unpaired) electrons. The normalized spacial score (nSPS) is 10.7. The van der Waals surface area contributed by atoms with E-state index in [0.717, 1.165) is 10.5 Å². The van der Waals surface area contributed by atoms with Crippen LogP contribution in [0.2, 0.25) is 0 Å². The van der Waals surface area contributed by atoms with E-state index in [-0.39, 0.29) is 11.5 Å². The van der Waals surface area contributed by atoms with E-state index < -0.39 is 5.56 Å². The number of hydrogen-bond donors (Lipinski definition) is 1. The molecule has 8 heteroatoms. The molecule has 0 aliphatic heterocycles. The molecule has 1 N–H and O–H groups in total. The van der Waals surface area contributed by atoms with Gasteiger partial charge in [-0.25, -0.2) is 10.4 Å². The zero-order chi connectivity index (χ0) is 20.8. The molecular weight excluding hydrogens is 386 g/mol. The Kier molecular flexibility index (Phi) is 6.32. The van der Waals surface area contributed by atoms with Crippen molar-refractivity contribution in [1.82, 2.24) is 9.55 Å². The summed E-state index contributed by atoms with van der Waals surface area (Å²) in [5, 5.41) is 13.6. The minimum Gasteiger partial charge on any atom is -0.497 e. The average molecular weight is 405 g/mol. The van der Waals surface area contributed by atoms with Crippen LogP contribution in [-0.4, -0.2) is 29.1 Å². The van der Waals surface area contributed by atoms with Gasteiger partial charge in [-0.2, -0.15) is 10.4 Å². The summed E-state index contributed by atoms with van der Waals surface area (Å²) in [4.78, 5) is 18.2. The molecular formula is C21H19N5O2S. The van der Waals surface area contributed by atoms with Crippen molar-refractivity contribution < 1.29 is 4.74 Å². The van der Waals surface area contributed by atoms with Gasteiger partial charge in [0.05, 0.1) is 19.0 Å². The van der Waals surface area contributed by atoms with Crippen molar-refractivity contribution >= 4 is 23.9 Å². The summed E-state index contributed by atoms with van der Waals surface area (Å²) in [7, 11) is 3.11. The smallest absolute Gasteiger partial charge is 0.273 e. The third-order valence-corrected chi connectivity index (χ3v) is 5.00. The quantitative estimate of drug-likeness (QED) is 0.383. The SMILES string of the molecule is COc1ccc(-c2nc(N/N=C/c3ccc(SC)cc3)n(C)c(=O)c2C#N)cc1. The number of nitrogens with zero attached hydrogens (tertiary/aromatic N) is 4. The van der Waals surface area contributed by atoms with Crippen LogP contribution in [0.4, 0.5) is 5.95 Å². The van der Waals surface area contributed by atoms with Crippen molar-refractivity contribution in [2.45, 2.75) is 4.90 Å². The molecule has 2 aromatic carbocycles. The van der Waals surface area contributed by atoms with E-state index in [2.05, 4.69) is 15.5 Å². The Morgan fingerprint density at radius 1 is 1.21 bits per heavy atom. The van der Waals surface area contributed by atoms with Crippen molar-refractivity contribution in [3.05, 3.63) is 70.0 Å². The molecule has 0 saturated heterocycles. The van der Waals surface area contributed by atoms with Crippen LogP contribution in [0.5, 0.6) is 5.75 Å². The number of aromatic nitrogens is 2. The Morgan fingerprint density at radius 2 is 1.90 bits per heavy atom. The van der Waals surface area contributed by atoms with Crippen molar-refractivity contribution in [2.24, 2.45) is 12.1 Å². The maximum atomic E-state index is 12.6. The molecule has 0 amide bonds. The highest BCUT2D eigenvalue weighted by Crippen LogP contribution is 2.23. The zero-order valence-electron chi connectivity index (χ0n) is 16.2. The van der Waals surface area contributed by atoms with E-state index in [4.69, 9.17) is 4.74 Å². The molecule has 0 saturated carbocycles. The number of anilines is 1. The molecule has 0 aliphatic carbocycles. The molecule has 0 atom stereocenters. The summed E-state index contributed by atoms with van der Waals surface area (Å²) < 4.78 is 6.42. The summed E-state index contributed by atoms with van der Waals surface area (Å²) >= 11 is 1.66. The Labute approximate surface area is 172 Å². The topological polar surface area (TPSA) is 92.3 Å². The predicted octanol–water partition coefficient (Wildman–Crippen LogP) is 3.50. The highest BCUT2D eigenvalue weighted by Gasteiger charge is 2.16. The zero-order valence-corrected chi connectivity index (χ0v) is 17.0. The van der Waals surface area contributed by atoms with Gasteiger partial charge in [-0.1, -0.05) is 12.1 Å². The third kappa shape index (κ3) is 4.47. The first kappa shape index (κ1) is 20.2. The summed E-state index contributed by atoms with van der Waals surface area (Å²) in [6, 6.07) is 16.9. The van der Waals surface area contributed by atoms with Crippen LogP contribution < -0.4 is 15.7 Å². The maximum absolute atomic E-state index is 12.6. The molecule has 1 aromatic heterocycles. The van der Waals surface area contributed by atoms with Crippen molar-refractivity contribution in [3.8, 4) is 23.1 Å². The summed E-state index contributed by atoms with van der Waals surface area (Å²) in [6.07, 6.45) is 3.66. The Morgan fingerprint density at radius 3 is 2.48 bits per heavy atom. The van der Waals surface area contributed by atoms with Gasteiger partial charge in [0.25, 0.3) is 5.56 Å². The van der Waals surface area contributed by atoms with Gasteiger partial charge in [-0.05, 0) is 48.2 Å². The molecule has 0 fully saturated rings. The van der Waals surface area contributed by atoms with Crippen LogP contribution in [0, 0.1) is 11.3 Å². The molecule has 3 rings (SSSR count). The van der Waals surface area contributed by atoms with Crippen LogP contribution in [0.3, 0.4) is 0 Å². The van der Waals surface area contributed by atoms with Crippen LogP contribution in [0.25, 0.3) is 11.3 Å². The second-order valence-electron chi connectivity index (χ2n) is 6.01. The van der Waals surface area contributed by atoms with Crippen molar-refractivity contribution in [2.75, 3.05) is 18.8 Å². The van der Waals surface area contributed by atoms with Crippen molar-refractivity contribution in [3.63, 3.8) is 0 Å². The van der Waals surface area contributed by atoms with E-state index in [1.54, 1.807) is 56.4 Å². The van der Waals surface area contributed by atoms with Gasteiger partial charge >= 0.3 is 0 Å². The van der Waals surface area contributed by atoms with E-state index in [0.29, 0.717) is 17.0 Å². The fraction of sp³-hybridized carbons (Fsp3) is 0.143. The molecule has 3 aromatic rings. The van der Waals surface area contributed by atoms with Gasteiger partial charge in [0, 0.05) is 17.5 Å². The third-order valence-electron chi connectivity index (χ3n) is 4.26. The molecule has 146 valence electrons. The molecule has 0 unspecified atom stereocenters. The van der Waals surface area contributed by atoms with Crippen LogP contribution in [0.1, 0.15) is 11.1 Å². The number of methoxy groups -OCH3 is 1. The number of ether oxygens (including phenoxy) is 1. The second-order valence-corrected chi connectivity index (χ2v) is 6.89. The second kappa shape index (κ2) is 9.08. The lowest BCUT2D eigenvalue weighted by molar-refractivity contribution is 0.415. The Hall–Kier alpha value is -3.57. The lowest BCUT2D eigenvalue weighted by Gasteiger charge is -2.11. The van der Waals surface area contributed by atoms with Gasteiger partial charge in [0.2, 0.25) is 5.95 Å². The first-order chi connectivity index (χ1) is 14.1. The standard InChI is InChI=1S/C21H19N5O2S/c1-26-20(27)18(12-22)19(15-6-8-16(28-2)9-7-15)24-21(26)25-23-13-14-4-10-17(29-3)11-5-14/h4-11,13H,1-3H3,(H,24,25)/b23-13+. The number of thioether (sulfide) groups is 1. The van der Waals surface area contributed by atoms with Gasteiger partial charge in [-0.3, -0.25) is 9.36 Å². The number of rotatable bonds is 6. The fourth-order valence-electron chi connectivity index (χ4n) is 2.62. The minimum atomic E-state index is -0.449. The number of nitrogens with one attached hydrogen (secondary N) is 1. The molecule has 0 spiro atoms. The molecule has 1 heterocycles. The average Bonchev–Trinajstić information content (AvgIpc) is 2.77. The Balaban J connectivity index is 1.94. The highest BCUT2D eigenvalue weighted by atomic mass is 32.2. The Bertz CT molecular complexity index is 1130. The fourth-order valence-corrected chi connectivity index (χ4v) is 3.02. The molecule has 0 bridgehead atoms. The van der Waals surface area contributed by atoms with E-state index >= 15 is 0 Å². The van der Waals surface area contributed by atoms with Gasteiger partial charge < -0.3 is 4.74 Å². The summed E-state index contributed by atoms with van der Waals surface area (Å²) in [5.74, 6) is 0.906.